The number of hydrogen-bond acceptors (Lipinski definition) is 5. The molecule has 2 fully saturated rings. The molecule has 7 nitrogen and oxygen atoms in total. The number of nitrogens with zero attached hydrogens (tertiary/aromatic N) is 2. The van der Waals surface area contributed by atoms with Gasteiger partial charge in [0.1, 0.15) is 5.75 Å². The van der Waals surface area contributed by atoms with Crippen LogP contribution >= 0.6 is 0 Å². The van der Waals surface area contributed by atoms with Crippen LogP contribution < -0.4 is 10.5 Å². The molecule has 0 atom stereocenters. The molecule has 0 saturated carbocycles. The Balaban J connectivity index is 1.47. The molecule has 2 amide bonds. The van der Waals surface area contributed by atoms with E-state index in [0.29, 0.717) is 71.6 Å². The summed E-state index contributed by atoms with van der Waals surface area (Å²) in [4.78, 5) is 29.3. The number of amides is 2. The van der Waals surface area contributed by atoms with E-state index < -0.39 is 5.41 Å². The highest BCUT2D eigenvalue weighted by Gasteiger charge is 2.42. The molecule has 3 rings (SSSR count). The van der Waals surface area contributed by atoms with E-state index in [-0.39, 0.29) is 11.8 Å². The van der Waals surface area contributed by atoms with Crippen LogP contribution in [0.25, 0.3) is 0 Å². The summed E-state index contributed by atoms with van der Waals surface area (Å²) in [6.45, 7) is 3.87. The first kappa shape index (κ1) is 20.6. The summed E-state index contributed by atoms with van der Waals surface area (Å²) in [6.07, 6.45) is 2.55. The maximum absolute atomic E-state index is 13.0. The molecule has 2 saturated heterocycles. The van der Waals surface area contributed by atoms with Crippen molar-refractivity contribution < 1.29 is 19.1 Å². The zero-order valence-electron chi connectivity index (χ0n) is 16.7. The molecule has 1 aromatic rings. The lowest BCUT2D eigenvalue weighted by Gasteiger charge is -2.42. The van der Waals surface area contributed by atoms with Gasteiger partial charge in [0.2, 0.25) is 11.8 Å². The van der Waals surface area contributed by atoms with E-state index in [2.05, 4.69) is 0 Å². The molecule has 2 N–H and O–H groups in total. The number of rotatable bonds is 6. The van der Waals surface area contributed by atoms with Gasteiger partial charge >= 0.3 is 0 Å². The molecule has 0 radical (unpaired) electrons. The fraction of sp³-hybridized carbons (Fsp3) is 0.619. The van der Waals surface area contributed by atoms with E-state index in [0.717, 1.165) is 11.3 Å². The van der Waals surface area contributed by atoms with E-state index in [9.17, 15) is 9.59 Å². The van der Waals surface area contributed by atoms with Crippen LogP contribution in [-0.4, -0.2) is 74.7 Å². The largest absolute Gasteiger partial charge is 0.497 e. The molecule has 2 aliphatic rings. The Morgan fingerprint density at radius 2 is 1.68 bits per heavy atom. The van der Waals surface area contributed by atoms with Gasteiger partial charge in [-0.25, -0.2) is 0 Å². The average molecular weight is 389 g/mol. The highest BCUT2D eigenvalue weighted by molar-refractivity contribution is 5.84. The zero-order valence-corrected chi connectivity index (χ0v) is 16.7. The Morgan fingerprint density at radius 1 is 1.07 bits per heavy atom. The van der Waals surface area contributed by atoms with Crippen molar-refractivity contribution in [2.45, 2.75) is 25.7 Å². The predicted molar refractivity (Wildman–Crippen MR) is 106 cm³/mol. The van der Waals surface area contributed by atoms with Crippen LogP contribution in [0.2, 0.25) is 0 Å². The first-order chi connectivity index (χ1) is 13.6. The van der Waals surface area contributed by atoms with Crippen molar-refractivity contribution in [3.05, 3.63) is 29.8 Å². The van der Waals surface area contributed by atoms with Crippen LogP contribution in [0, 0.1) is 5.41 Å². The van der Waals surface area contributed by atoms with Gasteiger partial charge in [-0.3, -0.25) is 9.59 Å². The Bertz CT molecular complexity index is 663. The molecule has 0 spiro atoms. The van der Waals surface area contributed by atoms with Crippen LogP contribution in [0.15, 0.2) is 24.3 Å². The molecular formula is C21H31N3O4. The summed E-state index contributed by atoms with van der Waals surface area (Å²) in [5.41, 5.74) is 6.59. The van der Waals surface area contributed by atoms with Crippen molar-refractivity contribution in [3.8, 4) is 5.75 Å². The highest BCUT2D eigenvalue weighted by Crippen LogP contribution is 2.32. The van der Waals surface area contributed by atoms with Gasteiger partial charge in [0.25, 0.3) is 0 Å². The smallest absolute Gasteiger partial charge is 0.230 e. The van der Waals surface area contributed by atoms with Gasteiger partial charge in [0.15, 0.2) is 0 Å². The third kappa shape index (κ3) is 4.64. The summed E-state index contributed by atoms with van der Waals surface area (Å²) in [5.74, 6) is 1.08. The fourth-order valence-corrected chi connectivity index (χ4v) is 3.96. The molecule has 28 heavy (non-hydrogen) atoms. The number of nitrogens with two attached hydrogens (primary N) is 1. The summed E-state index contributed by atoms with van der Waals surface area (Å²) >= 11 is 0. The van der Waals surface area contributed by atoms with Gasteiger partial charge in [0.05, 0.1) is 12.5 Å². The van der Waals surface area contributed by atoms with Crippen LogP contribution in [0.4, 0.5) is 0 Å². The van der Waals surface area contributed by atoms with Crippen LogP contribution in [0.3, 0.4) is 0 Å². The van der Waals surface area contributed by atoms with Crippen molar-refractivity contribution in [2.24, 2.45) is 11.1 Å². The van der Waals surface area contributed by atoms with Crippen molar-refractivity contribution in [3.63, 3.8) is 0 Å². The second-order valence-electron chi connectivity index (χ2n) is 7.62. The van der Waals surface area contributed by atoms with Crippen molar-refractivity contribution >= 4 is 11.8 Å². The normalized spacial score (nSPS) is 19.4. The van der Waals surface area contributed by atoms with E-state index in [1.165, 1.54) is 0 Å². The SMILES string of the molecule is COc1ccc(CCC(=O)N2CCN(C(=O)C3(CN)CCOCC3)CC2)cc1. The molecule has 7 heteroatoms. The molecule has 1 aromatic carbocycles. The Morgan fingerprint density at radius 3 is 2.25 bits per heavy atom. The number of aryl methyl sites for hydroxylation is 1. The number of carbonyl (C=O) groups is 2. The summed E-state index contributed by atoms with van der Waals surface area (Å²) < 4.78 is 10.6. The Labute approximate surface area is 166 Å². The molecule has 0 aromatic heterocycles. The summed E-state index contributed by atoms with van der Waals surface area (Å²) in [7, 11) is 1.64. The zero-order chi connectivity index (χ0) is 20.0. The fourth-order valence-electron chi connectivity index (χ4n) is 3.96. The quantitative estimate of drug-likeness (QED) is 0.786. The van der Waals surface area contributed by atoms with E-state index >= 15 is 0 Å². The minimum Gasteiger partial charge on any atom is -0.497 e. The number of ether oxygens (including phenoxy) is 2. The van der Waals surface area contributed by atoms with Crippen LogP contribution in [0.1, 0.15) is 24.8 Å². The minimum atomic E-state index is -0.487. The summed E-state index contributed by atoms with van der Waals surface area (Å²) in [6, 6.07) is 7.80. The topological polar surface area (TPSA) is 85.1 Å². The highest BCUT2D eigenvalue weighted by atomic mass is 16.5. The van der Waals surface area contributed by atoms with Crippen molar-refractivity contribution in [2.75, 3.05) is 53.0 Å². The van der Waals surface area contributed by atoms with E-state index in [1.54, 1.807) is 7.11 Å². The monoisotopic (exact) mass is 389 g/mol. The predicted octanol–water partition coefficient (Wildman–Crippen LogP) is 1.05. The van der Waals surface area contributed by atoms with Gasteiger partial charge in [-0.05, 0) is 37.0 Å². The lowest BCUT2D eigenvalue weighted by molar-refractivity contribution is -0.151. The molecule has 0 unspecified atom stereocenters. The molecular weight excluding hydrogens is 358 g/mol. The number of carbonyl (C=O) groups excluding carboxylic acids is 2. The molecule has 0 bridgehead atoms. The molecule has 0 aliphatic carbocycles. The lowest BCUT2D eigenvalue weighted by Crippen LogP contribution is -2.57. The maximum atomic E-state index is 13.0. The van der Waals surface area contributed by atoms with Crippen molar-refractivity contribution in [1.29, 1.82) is 0 Å². The lowest BCUT2D eigenvalue weighted by atomic mass is 9.78. The molecule has 2 heterocycles. The maximum Gasteiger partial charge on any atom is 0.230 e. The van der Waals surface area contributed by atoms with E-state index in [4.69, 9.17) is 15.2 Å². The Kier molecular flexibility index (Phi) is 6.91. The summed E-state index contributed by atoms with van der Waals surface area (Å²) in [5, 5.41) is 0. The third-order valence-corrected chi connectivity index (χ3v) is 6.00. The van der Waals surface area contributed by atoms with Crippen molar-refractivity contribution in [1.82, 2.24) is 9.80 Å². The molecule has 154 valence electrons. The average Bonchev–Trinajstić information content (AvgIpc) is 2.77. The van der Waals surface area contributed by atoms with E-state index in [1.807, 2.05) is 34.1 Å². The van der Waals surface area contributed by atoms with Crippen LogP contribution in [0.5, 0.6) is 5.75 Å². The van der Waals surface area contributed by atoms with Gasteiger partial charge < -0.3 is 25.0 Å². The number of benzene rings is 1. The van der Waals surface area contributed by atoms with Gasteiger partial charge in [-0.15, -0.1) is 0 Å². The standard InChI is InChI=1S/C21H31N3O4/c1-27-18-5-2-17(3-6-18)4-7-19(25)23-10-12-24(13-11-23)20(26)21(16-22)8-14-28-15-9-21/h2-3,5-6H,4,7-16,22H2,1H3. The first-order valence-electron chi connectivity index (χ1n) is 10.1. The molecule has 2 aliphatic heterocycles. The van der Waals surface area contributed by atoms with Gasteiger partial charge in [0, 0.05) is 52.4 Å². The third-order valence-electron chi connectivity index (χ3n) is 6.00. The number of piperazine rings is 1. The number of methoxy groups -OCH3 is 1. The second-order valence-corrected chi connectivity index (χ2v) is 7.62. The minimum absolute atomic E-state index is 0.128. The second kappa shape index (κ2) is 9.39. The number of hydrogen-bond donors (Lipinski definition) is 1. The Hall–Kier alpha value is -2.12. The van der Waals surface area contributed by atoms with Gasteiger partial charge in [-0.1, -0.05) is 12.1 Å². The van der Waals surface area contributed by atoms with Crippen LogP contribution in [-0.2, 0) is 20.7 Å². The first-order valence-corrected chi connectivity index (χ1v) is 10.1. The van der Waals surface area contributed by atoms with Gasteiger partial charge in [-0.2, -0.15) is 0 Å².